The van der Waals surface area contributed by atoms with Gasteiger partial charge >= 0.3 is 11.7 Å². The zero-order valence-corrected chi connectivity index (χ0v) is 11.7. The number of likely N-dealkylation sites (N-methyl/N-ethyl adjacent to an activating group) is 1. The highest BCUT2D eigenvalue weighted by molar-refractivity contribution is 9.10. The summed E-state index contributed by atoms with van der Waals surface area (Å²) in [6.45, 7) is 0. The lowest BCUT2D eigenvalue weighted by Crippen LogP contribution is -2.25. The van der Waals surface area contributed by atoms with E-state index in [4.69, 9.17) is 0 Å². The minimum absolute atomic E-state index is 0.00406. The van der Waals surface area contributed by atoms with Crippen molar-refractivity contribution in [3.63, 3.8) is 0 Å². The molecule has 1 aliphatic heterocycles. The molecule has 104 valence electrons. The number of carbonyl (C=O) groups excluding carboxylic acids is 2. The van der Waals surface area contributed by atoms with Gasteiger partial charge in [-0.15, -0.1) is 0 Å². The van der Waals surface area contributed by atoms with E-state index in [1.54, 1.807) is 0 Å². The highest BCUT2D eigenvalue weighted by Crippen LogP contribution is 2.35. The summed E-state index contributed by atoms with van der Waals surface area (Å²) in [4.78, 5) is 33.9. The van der Waals surface area contributed by atoms with Gasteiger partial charge < -0.3 is 10.4 Å². The molecular weight excluding hydrogens is 334 g/mol. The predicted octanol–water partition coefficient (Wildman–Crippen LogP) is 1.59. The first kappa shape index (κ1) is 14.0. The summed E-state index contributed by atoms with van der Waals surface area (Å²) in [6.07, 6.45) is 1.29. The third-order valence-corrected chi connectivity index (χ3v) is 3.26. The molecule has 1 aromatic rings. The first-order valence-corrected chi connectivity index (χ1v) is 6.08. The average molecular weight is 342 g/mol. The van der Waals surface area contributed by atoms with Crippen molar-refractivity contribution in [2.24, 2.45) is 0 Å². The van der Waals surface area contributed by atoms with Gasteiger partial charge in [0.1, 0.15) is 5.70 Å². The smallest absolute Gasteiger partial charge is 0.328 e. The van der Waals surface area contributed by atoms with E-state index in [9.17, 15) is 24.8 Å². The molecular formula is C11H8BrN3O5. The highest BCUT2D eigenvalue weighted by atomic mass is 79.9. The van der Waals surface area contributed by atoms with E-state index >= 15 is 0 Å². The first-order valence-electron chi connectivity index (χ1n) is 5.29. The number of amides is 3. The Hall–Kier alpha value is -2.42. The van der Waals surface area contributed by atoms with E-state index < -0.39 is 28.3 Å². The summed E-state index contributed by atoms with van der Waals surface area (Å²) in [7, 11) is 1.31. The number of halogens is 1. The molecule has 0 saturated carbocycles. The molecule has 3 amide bonds. The summed E-state index contributed by atoms with van der Waals surface area (Å²) in [5.74, 6) is -1.04. The van der Waals surface area contributed by atoms with E-state index in [0.29, 0.717) is 5.56 Å². The minimum atomic E-state index is -0.747. The van der Waals surface area contributed by atoms with Gasteiger partial charge in [0.15, 0.2) is 0 Å². The third kappa shape index (κ3) is 2.35. The fourth-order valence-corrected chi connectivity index (χ4v) is 2.08. The van der Waals surface area contributed by atoms with Crippen molar-refractivity contribution in [2.75, 3.05) is 7.05 Å². The lowest BCUT2D eigenvalue weighted by atomic mass is 10.1. The van der Waals surface area contributed by atoms with Crippen molar-refractivity contribution in [3.8, 4) is 5.75 Å². The maximum atomic E-state index is 11.7. The van der Waals surface area contributed by atoms with E-state index in [1.807, 2.05) is 0 Å². The summed E-state index contributed by atoms with van der Waals surface area (Å²) in [6, 6.07) is 1.92. The van der Waals surface area contributed by atoms with Crippen LogP contribution in [0.1, 0.15) is 5.56 Å². The van der Waals surface area contributed by atoms with Crippen molar-refractivity contribution in [3.05, 3.63) is 38.0 Å². The number of nitro groups is 1. The number of benzene rings is 1. The topological polar surface area (TPSA) is 113 Å². The number of urea groups is 1. The Balaban J connectivity index is 2.48. The van der Waals surface area contributed by atoms with E-state index in [0.717, 1.165) is 11.0 Å². The highest BCUT2D eigenvalue weighted by Gasteiger charge is 2.30. The van der Waals surface area contributed by atoms with Crippen LogP contribution in [0.15, 0.2) is 22.3 Å². The molecule has 0 radical (unpaired) electrons. The van der Waals surface area contributed by atoms with Crippen LogP contribution in [0.3, 0.4) is 0 Å². The minimum Gasteiger partial charge on any atom is -0.501 e. The van der Waals surface area contributed by atoms with Gasteiger partial charge in [0, 0.05) is 13.1 Å². The molecule has 2 rings (SSSR count). The molecule has 0 aromatic heterocycles. The van der Waals surface area contributed by atoms with Gasteiger partial charge in [-0.05, 0) is 33.6 Å². The molecule has 0 aliphatic carbocycles. The number of nitrogens with zero attached hydrogens (tertiary/aromatic N) is 2. The van der Waals surface area contributed by atoms with Crippen molar-refractivity contribution in [1.29, 1.82) is 0 Å². The number of nitrogens with one attached hydrogen (secondary N) is 1. The largest absolute Gasteiger partial charge is 0.501 e. The Labute approximate surface area is 121 Å². The molecule has 0 unspecified atom stereocenters. The summed E-state index contributed by atoms with van der Waals surface area (Å²) in [5, 5.41) is 22.7. The molecule has 0 spiro atoms. The van der Waals surface area contributed by atoms with Crippen molar-refractivity contribution < 1.29 is 19.6 Å². The number of rotatable bonds is 2. The molecule has 0 atom stereocenters. The number of phenols is 1. The van der Waals surface area contributed by atoms with Gasteiger partial charge in [0.05, 0.1) is 9.40 Å². The molecule has 1 fully saturated rings. The van der Waals surface area contributed by atoms with Crippen LogP contribution in [-0.2, 0) is 4.79 Å². The fraction of sp³-hybridized carbons (Fsp3) is 0.0909. The summed E-state index contributed by atoms with van der Waals surface area (Å²) >= 11 is 2.99. The van der Waals surface area contributed by atoms with Crippen LogP contribution in [-0.4, -0.2) is 33.9 Å². The Kier molecular flexibility index (Phi) is 3.45. The van der Waals surface area contributed by atoms with Gasteiger partial charge in [-0.1, -0.05) is 0 Å². The fourth-order valence-electron chi connectivity index (χ4n) is 1.62. The standard InChI is InChI=1S/C11H8BrN3O5/c1-14-10(17)7(13-11(14)18)3-5-2-6(12)9(16)8(4-5)15(19)20/h2-4,16H,1H3,(H,13,18)/b7-3+. The molecule has 1 aliphatic rings. The molecule has 8 nitrogen and oxygen atoms in total. The lowest BCUT2D eigenvalue weighted by molar-refractivity contribution is -0.386. The average Bonchev–Trinajstić information content (AvgIpc) is 2.61. The van der Waals surface area contributed by atoms with Crippen LogP contribution in [0.5, 0.6) is 5.75 Å². The zero-order chi connectivity index (χ0) is 15.0. The molecule has 2 N–H and O–H groups in total. The summed E-state index contributed by atoms with van der Waals surface area (Å²) < 4.78 is 0.115. The van der Waals surface area contributed by atoms with Crippen molar-refractivity contribution in [1.82, 2.24) is 10.2 Å². The molecule has 20 heavy (non-hydrogen) atoms. The second-order valence-electron chi connectivity index (χ2n) is 3.98. The normalized spacial score (nSPS) is 16.7. The van der Waals surface area contributed by atoms with Crippen LogP contribution >= 0.6 is 15.9 Å². The predicted molar refractivity (Wildman–Crippen MR) is 71.7 cm³/mol. The van der Waals surface area contributed by atoms with Crippen LogP contribution in [0.2, 0.25) is 0 Å². The second-order valence-corrected chi connectivity index (χ2v) is 4.83. The first-order chi connectivity index (χ1) is 9.31. The number of nitro benzene ring substituents is 1. The van der Waals surface area contributed by atoms with Gasteiger partial charge in [-0.25, -0.2) is 4.79 Å². The van der Waals surface area contributed by atoms with Crippen LogP contribution < -0.4 is 5.32 Å². The third-order valence-electron chi connectivity index (χ3n) is 2.65. The molecule has 1 aromatic carbocycles. The number of hydrogen-bond donors (Lipinski definition) is 2. The van der Waals surface area contributed by atoms with Gasteiger partial charge in [-0.2, -0.15) is 0 Å². The lowest BCUT2D eigenvalue weighted by Gasteiger charge is -2.02. The molecule has 1 saturated heterocycles. The monoisotopic (exact) mass is 341 g/mol. The SMILES string of the molecule is CN1C(=O)N/C(=C/c2cc(Br)c(O)c([N+](=O)[O-])c2)C1=O. The van der Waals surface area contributed by atoms with Gasteiger partial charge in [-0.3, -0.25) is 19.8 Å². The van der Waals surface area contributed by atoms with E-state index in [2.05, 4.69) is 21.2 Å². The number of phenolic OH excluding ortho intramolecular Hbond substituents is 1. The van der Waals surface area contributed by atoms with Crippen molar-refractivity contribution in [2.45, 2.75) is 0 Å². The maximum Gasteiger partial charge on any atom is 0.328 e. The zero-order valence-electron chi connectivity index (χ0n) is 10.1. The van der Waals surface area contributed by atoms with E-state index in [1.165, 1.54) is 19.2 Å². The van der Waals surface area contributed by atoms with Crippen LogP contribution in [0.4, 0.5) is 10.5 Å². The molecule has 1 heterocycles. The second kappa shape index (κ2) is 4.93. The van der Waals surface area contributed by atoms with Gasteiger partial charge in [0.25, 0.3) is 5.91 Å². The van der Waals surface area contributed by atoms with E-state index in [-0.39, 0.29) is 10.2 Å². The Morgan fingerprint density at radius 2 is 2.10 bits per heavy atom. The Morgan fingerprint density at radius 1 is 1.45 bits per heavy atom. The summed E-state index contributed by atoms with van der Waals surface area (Å²) in [5.41, 5.74) is -0.207. The number of carbonyl (C=O) groups is 2. The number of aromatic hydroxyl groups is 1. The molecule has 0 bridgehead atoms. The quantitative estimate of drug-likeness (QED) is 0.367. The Bertz CT molecular complexity index is 670. The van der Waals surface area contributed by atoms with Crippen LogP contribution in [0.25, 0.3) is 6.08 Å². The maximum absolute atomic E-state index is 11.7. The van der Waals surface area contributed by atoms with Gasteiger partial charge in [0.2, 0.25) is 5.75 Å². The molecule has 9 heteroatoms. The number of hydrogen-bond acceptors (Lipinski definition) is 5. The number of imide groups is 1. The Morgan fingerprint density at radius 3 is 2.60 bits per heavy atom. The van der Waals surface area contributed by atoms with Crippen molar-refractivity contribution >= 4 is 39.6 Å². The van der Waals surface area contributed by atoms with Crippen LogP contribution in [0, 0.1) is 10.1 Å².